The Morgan fingerprint density at radius 1 is 1.19 bits per heavy atom. The topological polar surface area (TPSA) is 44.5 Å². The summed E-state index contributed by atoms with van der Waals surface area (Å²) in [4.78, 5) is 0. The summed E-state index contributed by atoms with van der Waals surface area (Å²) in [6, 6.07) is 2.03. The Kier molecular flexibility index (Phi) is 4.49. The summed E-state index contributed by atoms with van der Waals surface area (Å²) in [6.07, 6.45) is 0.0599. The van der Waals surface area contributed by atoms with E-state index in [0.29, 0.717) is 0 Å². The molecule has 0 radical (unpaired) electrons. The molecule has 0 atom stereocenters. The maximum absolute atomic E-state index is 13.2. The largest absolute Gasteiger partial charge is 0.485 e. The van der Waals surface area contributed by atoms with Crippen LogP contribution in [0.15, 0.2) is 12.1 Å². The standard InChI is InChI=1S/C11H15F2NO2/c1-7(2)15-3-4-16-11-9(12)5-8(14)6-10(11)13/h5-7H,3-4,14H2,1-2H3. The number of nitrogens with two attached hydrogens (primary N) is 1. The van der Waals surface area contributed by atoms with Gasteiger partial charge in [0.25, 0.3) is 0 Å². The highest BCUT2D eigenvalue weighted by Gasteiger charge is 2.11. The minimum absolute atomic E-state index is 0.0285. The summed E-state index contributed by atoms with van der Waals surface area (Å²) >= 11 is 0. The lowest BCUT2D eigenvalue weighted by Gasteiger charge is -2.10. The highest BCUT2D eigenvalue weighted by molar-refractivity contribution is 5.44. The van der Waals surface area contributed by atoms with E-state index in [1.165, 1.54) is 0 Å². The van der Waals surface area contributed by atoms with E-state index in [1.807, 2.05) is 13.8 Å². The Morgan fingerprint density at radius 2 is 1.75 bits per heavy atom. The lowest BCUT2D eigenvalue weighted by molar-refractivity contribution is 0.0535. The number of rotatable bonds is 5. The molecule has 0 amide bonds. The van der Waals surface area contributed by atoms with Crippen molar-refractivity contribution in [1.82, 2.24) is 0 Å². The first-order chi connectivity index (χ1) is 7.50. The highest BCUT2D eigenvalue weighted by atomic mass is 19.1. The van der Waals surface area contributed by atoms with Crippen molar-refractivity contribution in [2.24, 2.45) is 0 Å². The van der Waals surface area contributed by atoms with Crippen LogP contribution in [0.5, 0.6) is 5.75 Å². The molecule has 0 saturated carbocycles. The molecule has 0 aromatic heterocycles. The van der Waals surface area contributed by atoms with Gasteiger partial charge in [-0.05, 0) is 13.8 Å². The number of hydrogen-bond donors (Lipinski definition) is 1. The van der Waals surface area contributed by atoms with Gasteiger partial charge in [-0.1, -0.05) is 0 Å². The SMILES string of the molecule is CC(C)OCCOc1c(F)cc(N)cc1F. The average molecular weight is 231 g/mol. The Morgan fingerprint density at radius 3 is 2.25 bits per heavy atom. The fraction of sp³-hybridized carbons (Fsp3) is 0.455. The fourth-order valence-electron chi connectivity index (χ4n) is 1.14. The molecule has 0 fully saturated rings. The molecular formula is C11H15F2NO2. The van der Waals surface area contributed by atoms with Gasteiger partial charge in [-0.2, -0.15) is 0 Å². The molecule has 0 spiro atoms. The molecule has 0 heterocycles. The highest BCUT2D eigenvalue weighted by Crippen LogP contribution is 2.24. The summed E-state index contributed by atoms with van der Waals surface area (Å²) < 4.78 is 36.5. The van der Waals surface area contributed by atoms with Gasteiger partial charge in [0.1, 0.15) is 6.61 Å². The minimum Gasteiger partial charge on any atom is -0.485 e. The second kappa shape index (κ2) is 5.65. The zero-order valence-electron chi connectivity index (χ0n) is 9.30. The van der Waals surface area contributed by atoms with Crippen molar-refractivity contribution < 1.29 is 18.3 Å². The molecule has 1 rings (SSSR count). The molecular weight excluding hydrogens is 216 g/mol. The van der Waals surface area contributed by atoms with E-state index in [-0.39, 0.29) is 25.0 Å². The maximum Gasteiger partial charge on any atom is 0.190 e. The van der Waals surface area contributed by atoms with Crippen LogP contribution < -0.4 is 10.5 Å². The van der Waals surface area contributed by atoms with Crippen molar-refractivity contribution >= 4 is 5.69 Å². The van der Waals surface area contributed by atoms with Gasteiger partial charge in [0.05, 0.1) is 12.7 Å². The van der Waals surface area contributed by atoms with Crippen LogP contribution in [-0.4, -0.2) is 19.3 Å². The van der Waals surface area contributed by atoms with Gasteiger partial charge in [-0.3, -0.25) is 0 Å². The van der Waals surface area contributed by atoms with Crippen molar-refractivity contribution in [2.45, 2.75) is 20.0 Å². The first kappa shape index (κ1) is 12.7. The molecule has 0 aliphatic rings. The van der Waals surface area contributed by atoms with Gasteiger partial charge < -0.3 is 15.2 Å². The summed E-state index contributed by atoms with van der Waals surface area (Å²) in [7, 11) is 0. The van der Waals surface area contributed by atoms with Crippen LogP contribution in [0, 0.1) is 11.6 Å². The van der Waals surface area contributed by atoms with E-state index in [2.05, 4.69) is 0 Å². The van der Waals surface area contributed by atoms with E-state index in [1.54, 1.807) is 0 Å². The van der Waals surface area contributed by atoms with E-state index in [0.717, 1.165) is 12.1 Å². The average Bonchev–Trinajstić information content (AvgIpc) is 2.14. The predicted octanol–water partition coefficient (Wildman–Crippen LogP) is 2.35. The predicted molar refractivity (Wildman–Crippen MR) is 57.4 cm³/mol. The second-order valence-corrected chi connectivity index (χ2v) is 3.58. The maximum atomic E-state index is 13.2. The molecule has 0 aliphatic heterocycles. The molecule has 2 N–H and O–H groups in total. The number of benzene rings is 1. The first-order valence-electron chi connectivity index (χ1n) is 4.99. The first-order valence-corrected chi connectivity index (χ1v) is 4.99. The molecule has 0 bridgehead atoms. The van der Waals surface area contributed by atoms with Crippen LogP contribution in [-0.2, 0) is 4.74 Å². The minimum atomic E-state index is -0.804. The number of nitrogen functional groups attached to an aromatic ring is 1. The molecule has 0 unspecified atom stereocenters. The van der Waals surface area contributed by atoms with Crippen LogP contribution in [0.4, 0.5) is 14.5 Å². The molecule has 16 heavy (non-hydrogen) atoms. The van der Waals surface area contributed by atoms with Crippen molar-refractivity contribution in [3.8, 4) is 5.75 Å². The summed E-state index contributed by atoms with van der Waals surface area (Å²) in [5.74, 6) is -2.02. The smallest absolute Gasteiger partial charge is 0.190 e. The lowest BCUT2D eigenvalue weighted by atomic mass is 10.3. The summed E-state index contributed by atoms with van der Waals surface area (Å²) in [5.41, 5.74) is 5.29. The van der Waals surface area contributed by atoms with Crippen molar-refractivity contribution in [3.05, 3.63) is 23.8 Å². The molecule has 90 valence electrons. The van der Waals surface area contributed by atoms with E-state index in [9.17, 15) is 8.78 Å². The van der Waals surface area contributed by atoms with Crippen LogP contribution >= 0.6 is 0 Å². The Hall–Kier alpha value is -1.36. The van der Waals surface area contributed by atoms with Crippen LogP contribution in [0.1, 0.15) is 13.8 Å². The number of halogens is 2. The molecule has 3 nitrogen and oxygen atoms in total. The summed E-state index contributed by atoms with van der Waals surface area (Å²) in [5, 5.41) is 0. The zero-order valence-corrected chi connectivity index (χ0v) is 9.30. The molecule has 0 saturated heterocycles. The van der Waals surface area contributed by atoms with E-state index in [4.69, 9.17) is 15.2 Å². The zero-order chi connectivity index (χ0) is 12.1. The van der Waals surface area contributed by atoms with Crippen molar-refractivity contribution in [3.63, 3.8) is 0 Å². The Bertz CT molecular complexity index is 333. The third-order valence-electron chi connectivity index (χ3n) is 1.80. The summed E-state index contributed by atoms with van der Waals surface area (Å²) in [6.45, 7) is 4.10. The third-order valence-corrected chi connectivity index (χ3v) is 1.80. The van der Waals surface area contributed by atoms with Crippen LogP contribution in [0.2, 0.25) is 0 Å². The van der Waals surface area contributed by atoms with Gasteiger partial charge in [-0.25, -0.2) is 8.78 Å². The van der Waals surface area contributed by atoms with Gasteiger partial charge in [0.15, 0.2) is 17.4 Å². The Labute approximate surface area is 93.2 Å². The molecule has 0 aliphatic carbocycles. The normalized spacial score (nSPS) is 10.8. The van der Waals surface area contributed by atoms with Gasteiger partial charge in [0.2, 0.25) is 0 Å². The van der Waals surface area contributed by atoms with Gasteiger partial charge in [-0.15, -0.1) is 0 Å². The molecule has 1 aromatic rings. The quantitative estimate of drug-likeness (QED) is 0.625. The molecule has 1 aromatic carbocycles. The van der Waals surface area contributed by atoms with E-state index >= 15 is 0 Å². The number of ether oxygens (including phenoxy) is 2. The second-order valence-electron chi connectivity index (χ2n) is 3.58. The van der Waals surface area contributed by atoms with Crippen molar-refractivity contribution in [2.75, 3.05) is 18.9 Å². The Balaban J connectivity index is 2.54. The lowest BCUT2D eigenvalue weighted by Crippen LogP contribution is -2.12. The van der Waals surface area contributed by atoms with Gasteiger partial charge in [0, 0.05) is 17.8 Å². The van der Waals surface area contributed by atoms with Gasteiger partial charge >= 0.3 is 0 Å². The number of hydrogen-bond acceptors (Lipinski definition) is 3. The third kappa shape index (κ3) is 3.66. The fourth-order valence-corrected chi connectivity index (χ4v) is 1.14. The van der Waals surface area contributed by atoms with Crippen LogP contribution in [0.25, 0.3) is 0 Å². The van der Waals surface area contributed by atoms with E-state index < -0.39 is 17.4 Å². The number of anilines is 1. The van der Waals surface area contributed by atoms with Crippen molar-refractivity contribution in [1.29, 1.82) is 0 Å². The van der Waals surface area contributed by atoms with Crippen LogP contribution in [0.3, 0.4) is 0 Å². The molecule has 5 heteroatoms. The monoisotopic (exact) mass is 231 g/mol.